The Balaban J connectivity index is 1.84. The number of hydrogen-bond donors (Lipinski definition) is 0. The summed E-state index contributed by atoms with van der Waals surface area (Å²) < 4.78 is 12.8. The van der Waals surface area contributed by atoms with Crippen LogP contribution in [0.15, 0.2) is 36.4 Å². The van der Waals surface area contributed by atoms with Crippen molar-refractivity contribution >= 4 is 0 Å². The van der Waals surface area contributed by atoms with Gasteiger partial charge < -0.3 is 9.47 Å². The third-order valence-corrected chi connectivity index (χ3v) is 4.62. The maximum absolute atomic E-state index is 5.54. The molecule has 0 aliphatic carbocycles. The van der Waals surface area contributed by atoms with E-state index >= 15 is 0 Å². The summed E-state index contributed by atoms with van der Waals surface area (Å²) in [4.78, 5) is 2.09. The van der Waals surface area contributed by atoms with Gasteiger partial charge in [0.1, 0.15) is 0 Å². The molecule has 4 rings (SSSR count). The zero-order chi connectivity index (χ0) is 18.3. The van der Waals surface area contributed by atoms with Gasteiger partial charge in [0.15, 0.2) is 17.3 Å². The molecule has 0 radical (unpaired) electrons. The molecule has 0 spiro atoms. The van der Waals surface area contributed by atoms with Crippen LogP contribution in [0.25, 0.3) is 5.69 Å². The van der Waals surface area contributed by atoms with Crippen molar-refractivity contribution in [2.45, 2.75) is 19.9 Å². The van der Waals surface area contributed by atoms with E-state index in [-0.39, 0.29) is 12.8 Å². The largest absolute Gasteiger partial charge is 0.454 e. The first kappa shape index (κ1) is 16.5. The van der Waals surface area contributed by atoms with E-state index in [2.05, 4.69) is 46.4 Å². The molecule has 7 nitrogen and oxygen atoms in total. The molecular formula is C19H21N5O2. The fraction of sp³-hybridized carbons (Fsp3) is 0.316. The predicted octanol–water partition coefficient (Wildman–Crippen LogP) is 2.66. The van der Waals surface area contributed by atoms with Crippen molar-refractivity contribution in [2.75, 3.05) is 20.9 Å². The van der Waals surface area contributed by atoms with Crippen molar-refractivity contribution in [1.29, 1.82) is 0 Å². The first-order valence-corrected chi connectivity index (χ1v) is 8.47. The molecule has 1 atom stereocenters. The van der Waals surface area contributed by atoms with Gasteiger partial charge in [-0.05, 0) is 67.2 Å². The van der Waals surface area contributed by atoms with Crippen molar-refractivity contribution in [3.8, 4) is 17.2 Å². The van der Waals surface area contributed by atoms with Crippen LogP contribution in [-0.4, -0.2) is 46.0 Å². The summed E-state index contributed by atoms with van der Waals surface area (Å²) in [6, 6.07) is 12.0. The van der Waals surface area contributed by atoms with Crippen LogP contribution in [0.3, 0.4) is 0 Å². The molecule has 0 saturated carbocycles. The van der Waals surface area contributed by atoms with Crippen molar-refractivity contribution in [1.82, 2.24) is 25.1 Å². The maximum Gasteiger partial charge on any atom is 0.231 e. The van der Waals surface area contributed by atoms with Gasteiger partial charge in [0.05, 0.1) is 11.7 Å². The highest BCUT2D eigenvalue weighted by Gasteiger charge is 2.27. The molecule has 7 heteroatoms. The Labute approximate surface area is 152 Å². The molecule has 2 heterocycles. The summed E-state index contributed by atoms with van der Waals surface area (Å²) in [5.41, 5.74) is 4.31. The third-order valence-electron chi connectivity index (χ3n) is 4.62. The lowest BCUT2D eigenvalue weighted by Crippen LogP contribution is -2.25. The smallest absolute Gasteiger partial charge is 0.231 e. The molecule has 0 amide bonds. The fourth-order valence-corrected chi connectivity index (χ4v) is 3.42. The highest BCUT2D eigenvalue weighted by molar-refractivity contribution is 5.49. The summed E-state index contributed by atoms with van der Waals surface area (Å²) in [6.45, 7) is 4.39. The van der Waals surface area contributed by atoms with Gasteiger partial charge in [-0.25, -0.2) is 0 Å². The lowest BCUT2D eigenvalue weighted by molar-refractivity contribution is 0.174. The number of hydrogen-bond acceptors (Lipinski definition) is 6. The average molecular weight is 351 g/mol. The molecule has 1 aliphatic rings. The predicted molar refractivity (Wildman–Crippen MR) is 96.7 cm³/mol. The number of nitrogens with zero attached hydrogens (tertiary/aromatic N) is 5. The molecule has 1 aliphatic heterocycles. The number of aryl methyl sites for hydroxylation is 2. The van der Waals surface area contributed by atoms with Crippen molar-refractivity contribution < 1.29 is 9.47 Å². The molecule has 3 aromatic rings. The Hall–Kier alpha value is -2.93. The summed E-state index contributed by atoms with van der Waals surface area (Å²) in [5, 5.41) is 12.6. The zero-order valence-electron chi connectivity index (χ0n) is 15.3. The Morgan fingerprint density at radius 2 is 1.77 bits per heavy atom. The number of ether oxygens (including phenoxy) is 2. The molecule has 2 aromatic carbocycles. The average Bonchev–Trinajstić information content (AvgIpc) is 3.24. The summed E-state index contributed by atoms with van der Waals surface area (Å²) in [5.74, 6) is 2.27. The van der Waals surface area contributed by atoms with Crippen LogP contribution in [0.4, 0.5) is 0 Å². The standard InChI is InChI=1S/C19H21N5O2/c1-12-6-5-7-13(2)17(12)24-19(20-21-22-24)18(23(3)4)14-8-9-15-16(10-14)26-11-25-15/h5-10,18H,11H2,1-4H3. The Morgan fingerprint density at radius 1 is 1.04 bits per heavy atom. The molecule has 0 bridgehead atoms. The van der Waals surface area contributed by atoms with E-state index in [0.29, 0.717) is 0 Å². The van der Waals surface area contributed by atoms with Crippen LogP contribution in [0.5, 0.6) is 11.5 Å². The summed E-state index contributed by atoms with van der Waals surface area (Å²) >= 11 is 0. The van der Waals surface area contributed by atoms with Gasteiger partial charge in [0.25, 0.3) is 0 Å². The lowest BCUT2D eigenvalue weighted by Gasteiger charge is -2.24. The van der Waals surface area contributed by atoms with E-state index in [0.717, 1.165) is 39.7 Å². The van der Waals surface area contributed by atoms with Crippen molar-refractivity contribution in [2.24, 2.45) is 0 Å². The highest BCUT2D eigenvalue weighted by Crippen LogP contribution is 2.37. The topological polar surface area (TPSA) is 65.3 Å². The minimum atomic E-state index is -0.126. The molecule has 1 unspecified atom stereocenters. The van der Waals surface area contributed by atoms with Gasteiger partial charge >= 0.3 is 0 Å². The number of tetrazole rings is 1. The van der Waals surface area contributed by atoms with Gasteiger partial charge in [-0.1, -0.05) is 24.3 Å². The van der Waals surface area contributed by atoms with Gasteiger partial charge in [-0.2, -0.15) is 4.68 Å². The second kappa shape index (κ2) is 6.42. The molecular weight excluding hydrogens is 330 g/mol. The Bertz CT molecular complexity index is 931. The number of para-hydroxylation sites is 1. The number of benzene rings is 2. The molecule has 134 valence electrons. The van der Waals surface area contributed by atoms with Gasteiger partial charge in [0, 0.05) is 0 Å². The van der Waals surface area contributed by atoms with Crippen LogP contribution in [0.1, 0.15) is 28.6 Å². The van der Waals surface area contributed by atoms with Crippen LogP contribution >= 0.6 is 0 Å². The van der Waals surface area contributed by atoms with Crippen molar-refractivity contribution in [3.63, 3.8) is 0 Å². The number of rotatable bonds is 4. The summed E-state index contributed by atoms with van der Waals surface area (Å²) in [7, 11) is 4.03. The summed E-state index contributed by atoms with van der Waals surface area (Å²) in [6.07, 6.45) is 0. The van der Waals surface area contributed by atoms with E-state index in [4.69, 9.17) is 9.47 Å². The Morgan fingerprint density at radius 3 is 2.50 bits per heavy atom. The molecule has 26 heavy (non-hydrogen) atoms. The first-order chi connectivity index (χ1) is 12.6. The maximum atomic E-state index is 5.54. The molecule has 0 fully saturated rings. The molecule has 0 saturated heterocycles. The number of fused-ring (bicyclic) bond motifs is 1. The first-order valence-electron chi connectivity index (χ1n) is 8.47. The third kappa shape index (κ3) is 2.70. The molecule has 1 aromatic heterocycles. The zero-order valence-corrected chi connectivity index (χ0v) is 15.3. The van der Waals surface area contributed by atoms with Gasteiger partial charge in [-0.15, -0.1) is 5.10 Å². The van der Waals surface area contributed by atoms with Gasteiger partial charge in [0.2, 0.25) is 6.79 Å². The van der Waals surface area contributed by atoms with E-state index in [9.17, 15) is 0 Å². The van der Waals surface area contributed by atoms with Gasteiger partial charge in [-0.3, -0.25) is 4.90 Å². The quantitative estimate of drug-likeness (QED) is 0.720. The highest BCUT2D eigenvalue weighted by atomic mass is 16.7. The monoisotopic (exact) mass is 351 g/mol. The minimum absolute atomic E-state index is 0.126. The van der Waals surface area contributed by atoms with Crippen LogP contribution in [-0.2, 0) is 0 Å². The van der Waals surface area contributed by atoms with E-state index in [1.165, 1.54) is 0 Å². The number of aromatic nitrogens is 4. The van der Waals surface area contributed by atoms with Crippen molar-refractivity contribution in [3.05, 3.63) is 58.9 Å². The Kier molecular flexibility index (Phi) is 4.08. The SMILES string of the molecule is Cc1cccc(C)c1-n1nnnc1C(c1ccc2c(c1)OCO2)N(C)C. The van der Waals surface area contributed by atoms with E-state index < -0.39 is 0 Å². The molecule has 0 N–H and O–H groups in total. The van der Waals surface area contributed by atoms with E-state index in [1.807, 2.05) is 43.0 Å². The van der Waals surface area contributed by atoms with Crippen LogP contribution in [0.2, 0.25) is 0 Å². The fourth-order valence-electron chi connectivity index (χ4n) is 3.42. The van der Waals surface area contributed by atoms with E-state index in [1.54, 1.807) is 0 Å². The van der Waals surface area contributed by atoms with Crippen LogP contribution < -0.4 is 9.47 Å². The normalized spacial score (nSPS) is 14.0. The second-order valence-corrected chi connectivity index (χ2v) is 6.67. The van der Waals surface area contributed by atoms with Crippen LogP contribution in [0, 0.1) is 13.8 Å². The second-order valence-electron chi connectivity index (χ2n) is 6.67. The lowest BCUT2D eigenvalue weighted by atomic mass is 10.0. The minimum Gasteiger partial charge on any atom is -0.454 e.